The van der Waals surface area contributed by atoms with Crippen LogP contribution >= 0.6 is 0 Å². The summed E-state index contributed by atoms with van der Waals surface area (Å²) in [5.41, 5.74) is 0. The van der Waals surface area contributed by atoms with Gasteiger partial charge in [-0.1, -0.05) is 33.6 Å². The molecule has 0 spiro atoms. The van der Waals surface area contributed by atoms with E-state index in [2.05, 4.69) is 30.8 Å². The summed E-state index contributed by atoms with van der Waals surface area (Å²) in [6, 6.07) is 0.640. The molecule has 5 heteroatoms. The van der Waals surface area contributed by atoms with Crippen LogP contribution < -0.4 is 10.0 Å². The van der Waals surface area contributed by atoms with Gasteiger partial charge in [-0.15, -0.1) is 0 Å². The van der Waals surface area contributed by atoms with E-state index in [-0.39, 0.29) is 11.8 Å². The van der Waals surface area contributed by atoms with Crippen molar-refractivity contribution >= 4 is 10.0 Å². The first-order chi connectivity index (χ1) is 8.89. The number of sulfonamides is 1. The lowest BCUT2D eigenvalue weighted by molar-refractivity contribution is 0.327. The van der Waals surface area contributed by atoms with Crippen LogP contribution in [0.4, 0.5) is 0 Å². The minimum Gasteiger partial charge on any atom is -0.315 e. The Kier molecular flexibility index (Phi) is 7.32. The SMILES string of the molecule is CC1CCCC(NS(=O)(=O)CCCCNC(C)C)C1. The first-order valence-corrected chi connectivity index (χ1v) is 9.27. The highest BCUT2D eigenvalue weighted by atomic mass is 32.2. The first-order valence-electron chi connectivity index (χ1n) is 7.62. The van der Waals surface area contributed by atoms with Gasteiger partial charge in [-0.2, -0.15) is 0 Å². The third-order valence-corrected chi connectivity index (χ3v) is 5.19. The van der Waals surface area contributed by atoms with Crippen molar-refractivity contribution in [2.45, 2.75) is 71.4 Å². The molecule has 0 aromatic heterocycles. The summed E-state index contributed by atoms with van der Waals surface area (Å²) in [6.07, 6.45) is 6.02. The molecule has 0 bridgehead atoms. The van der Waals surface area contributed by atoms with E-state index >= 15 is 0 Å². The van der Waals surface area contributed by atoms with Crippen LogP contribution in [0.15, 0.2) is 0 Å². The molecule has 0 aliphatic heterocycles. The van der Waals surface area contributed by atoms with Crippen LogP contribution in [0.3, 0.4) is 0 Å². The second kappa shape index (κ2) is 8.22. The van der Waals surface area contributed by atoms with Gasteiger partial charge in [0.05, 0.1) is 5.75 Å². The van der Waals surface area contributed by atoms with Gasteiger partial charge in [-0.3, -0.25) is 0 Å². The van der Waals surface area contributed by atoms with E-state index in [1.807, 2.05) is 0 Å². The Labute approximate surface area is 118 Å². The number of hydrogen-bond donors (Lipinski definition) is 2. The van der Waals surface area contributed by atoms with Crippen molar-refractivity contribution in [1.29, 1.82) is 0 Å². The van der Waals surface area contributed by atoms with E-state index in [1.165, 1.54) is 6.42 Å². The summed E-state index contributed by atoms with van der Waals surface area (Å²) in [7, 11) is -3.08. The predicted molar refractivity (Wildman–Crippen MR) is 80.7 cm³/mol. The number of unbranched alkanes of at least 4 members (excludes halogenated alkanes) is 1. The van der Waals surface area contributed by atoms with Crippen molar-refractivity contribution in [3.63, 3.8) is 0 Å². The molecule has 2 unspecified atom stereocenters. The number of rotatable bonds is 8. The summed E-state index contributed by atoms with van der Waals surface area (Å²) < 4.78 is 26.8. The van der Waals surface area contributed by atoms with Gasteiger partial charge >= 0.3 is 0 Å². The first kappa shape index (κ1) is 16.9. The summed E-state index contributed by atoms with van der Waals surface area (Å²) in [6.45, 7) is 7.30. The van der Waals surface area contributed by atoms with E-state index in [0.29, 0.717) is 12.0 Å². The molecule has 19 heavy (non-hydrogen) atoms. The van der Waals surface area contributed by atoms with Crippen LogP contribution in [0.5, 0.6) is 0 Å². The van der Waals surface area contributed by atoms with Crippen LogP contribution in [0.25, 0.3) is 0 Å². The van der Waals surface area contributed by atoms with Gasteiger partial charge in [0.25, 0.3) is 0 Å². The lowest BCUT2D eigenvalue weighted by Crippen LogP contribution is -2.39. The predicted octanol–water partition coefficient (Wildman–Crippen LogP) is 2.26. The fraction of sp³-hybridized carbons (Fsp3) is 1.00. The molecule has 0 aromatic carbocycles. The van der Waals surface area contributed by atoms with Crippen molar-refractivity contribution in [3.05, 3.63) is 0 Å². The van der Waals surface area contributed by atoms with Gasteiger partial charge in [0.2, 0.25) is 10.0 Å². The fourth-order valence-corrected chi connectivity index (χ4v) is 4.09. The van der Waals surface area contributed by atoms with Crippen LogP contribution in [-0.4, -0.2) is 32.8 Å². The van der Waals surface area contributed by atoms with Crippen molar-refractivity contribution in [1.82, 2.24) is 10.0 Å². The van der Waals surface area contributed by atoms with Crippen LogP contribution in [0.2, 0.25) is 0 Å². The summed E-state index contributed by atoms with van der Waals surface area (Å²) in [5, 5.41) is 3.30. The Morgan fingerprint density at radius 2 is 1.95 bits per heavy atom. The maximum Gasteiger partial charge on any atom is 0.211 e. The lowest BCUT2D eigenvalue weighted by Gasteiger charge is -2.27. The summed E-state index contributed by atoms with van der Waals surface area (Å²) >= 11 is 0. The third kappa shape index (κ3) is 7.90. The topological polar surface area (TPSA) is 58.2 Å². The maximum atomic E-state index is 12.0. The highest BCUT2D eigenvalue weighted by Crippen LogP contribution is 2.23. The Hall–Kier alpha value is -0.130. The zero-order valence-electron chi connectivity index (χ0n) is 12.6. The van der Waals surface area contributed by atoms with E-state index in [1.54, 1.807) is 0 Å². The van der Waals surface area contributed by atoms with Gasteiger partial charge in [-0.25, -0.2) is 13.1 Å². The molecular formula is C14H30N2O2S. The number of nitrogens with one attached hydrogen (secondary N) is 2. The molecule has 1 aliphatic rings. The van der Waals surface area contributed by atoms with Gasteiger partial charge in [0.15, 0.2) is 0 Å². The molecule has 1 saturated carbocycles. The zero-order chi connectivity index (χ0) is 14.3. The molecule has 0 aromatic rings. The molecule has 0 amide bonds. The molecule has 0 heterocycles. The van der Waals surface area contributed by atoms with Crippen LogP contribution in [0.1, 0.15) is 59.3 Å². The van der Waals surface area contributed by atoms with Gasteiger partial charge in [-0.05, 0) is 38.1 Å². The Balaban J connectivity index is 2.20. The van der Waals surface area contributed by atoms with Crippen molar-refractivity contribution in [3.8, 4) is 0 Å². The van der Waals surface area contributed by atoms with Crippen molar-refractivity contribution < 1.29 is 8.42 Å². The second-order valence-corrected chi connectivity index (χ2v) is 8.09. The minimum atomic E-state index is -3.08. The lowest BCUT2D eigenvalue weighted by atomic mass is 9.88. The van der Waals surface area contributed by atoms with Gasteiger partial charge < -0.3 is 5.32 Å². The Morgan fingerprint density at radius 1 is 1.21 bits per heavy atom. The standard InChI is InChI=1S/C14H30N2O2S/c1-12(2)15-9-4-5-10-19(17,18)16-14-8-6-7-13(3)11-14/h12-16H,4-11H2,1-3H3. The van der Waals surface area contributed by atoms with E-state index in [4.69, 9.17) is 0 Å². The Bertz CT molecular complexity index is 341. The molecule has 2 N–H and O–H groups in total. The van der Waals surface area contributed by atoms with Crippen LogP contribution in [-0.2, 0) is 10.0 Å². The zero-order valence-corrected chi connectivity index (χ0v) is 13.4. The van der Waals surface area contributed by atoms with Crippen LogP contribution in [0, 0.1) is 5.92 Å². The summed E-state index contributed by atoms with van der Waals surface area (Å²) in [5.74, 6) is 0.911. The highest BCUT2D eigenvalue weighted by molar-refractivity contribution is 7.89. The molecule has 4 nitrogen and oxygen atoms in total. The molecule has 1 rings (SSSR count). The van der Waals surface area contributed by atoms with Crippen molar-refractivity contribution in [2.75, 3.05) is 12.3 Å². The second-order valence-electron chi connectivity index (χ2n) is 6.22. The quantitative estimate of drug-likeness (QED) is 0.674. The molecule has 1 aliphatic carbocycles. The average molecular weight is 290 g/mol. The highest BCUT2D eigenvalue weighted by Gasteiger charge is 2.23. The smallest absolute Gasteiger partial charge is 0.211 e. The monoisotopic (exact) mass is 290 g/mol. The van der Waals surface area contributed by atoms with E-state index in [9.17, 15) is 8.42 Å². The minimum absolute atomic E-state index is 0.169. The number of hydrogen-bond acceptors (Lipinski definition) is 3. The van der Waals surface area contributed by atoms with E-state index in [0.717, 1.165) is 38.6 Å². The van der Waals surface area contributed by atoms with Gasteiger partial charge in [0.1, 0.15) is 0 Å². The maximum absolute atomic E-state index is 12.0. The molecule has 114 valence electrons. The molecule has 1 fully saturated rings. The Morgan fingerprint density at radius 3 is 2.58 bits per heavy atom. The molecule has 0 radical (unpaired) electrons. The largest absolute Gasteiger partial charge is 0.315 e. The van der Waals surface area contributed by atoms with Gasteiger partial charge in [0, 0.05) is 12.1 Å². The molecule has 2 atom stereocenters. The summed E-state index contributed by atoms with van der Waals surface area (Å²) in [4.78, 5) is 0. The average Bonchev–Trinajstić information content (AvgIpc) is 2.27. The normalized spacial score (nSPS) is 24.8. The van der Waals surface area contributed by atoms with E-state index < -0.39 is 10.0 Å². The van der Waals surface area contributed by atoms with Crippen molar-refractivity contribution in [2.24, 2.45) is 5.92 Å². The molecule has 0 saturated heterocycles. The molecular weight excluding hydrogens is 260 g/mol. The third-order valence-electron chi connectivity index (χ3n) is 3.68. The fourth-order valence-electron chi connectivity index (χ4n) is 2.66.